The first-order chi connectivity index (χ1) is 18.5. The highest BCUT2D eigenvalue weighted by Crippen LogP contribution is 2.30. The van der Waals surface area contributed by atoms with E-state index >= 15 is 0 Å². The number of fused-ring (bicyclic) bond motifs is 1. The minimum absolute atomic E-state index is 0.256. The minimum Gasteiger partial charge on any atom is -0.492 e. The highest BCUT2D eigenvalue weighted by molar-refractivity contribution is 6.32. The van der Waals surface area contributed by atoms with Gasteiger partial charge in [0.2, 0.25) is 11.9 Å². The van der Waals surface area contributed by atoms with Crippen molar-refractivity contribution in [1.82, 2.24) is 19.4 Å². The Bertz CT molecular complexity index is 1450. The molecule has 1 fully saturated rings. The van der Waals surface area contributed by atoms with Gasteiger partial charge in [-0.1, -0.05) is 18.2 Å². The standard InChI is InChI=1S/C28H29ClN6O3/c1-3-26(36)32-24-8-9-25-22(19(24)2)10-11-35(25)27-23(29)18-30-28(33-27)31-20-4-6-21(7-5-20)38-17-14-34-12-15-37-16-13-34/h3-11,18H,1,12-17H2,2H3,(H,32,36)(H,30,31,33). The van der Waals surface area contributed by atoms with Crippen LogP contribution in [-0.2, 0) is 9.53 Å². The third kappa shape index (κ3) is 5.80. The van der Waals surface area contributed by atoms with E-state index < -0.39 is 0 Å². The molecule has 1 aliphatic rings. The average molecular weight is 533 g/mol. The van der Waals surface area contributed by atoms with E-state index in [2.05, 4.69) is 32.1 Å². The lowest BCUT2D eigenvalue weighted by molar-refractivity contribution is -0.111. The number of nitrogens with zero attached hydrogens (tertiary/aromatic N) is 4. The summed E-state index contributed by atoms with van der Waals surface area (Å²) in [4.78, 5) is 23.1. The Morgan fingerprint density at radius 3 is 2.74 bits per heavy atom. The summed E-state index contributed by atoms with van der Waals surface area (Å²) < 4.78 is 13.2. The number of nitrogens with one attached hydrogen (secondary N) is 2. The van der Waals surface area contributed by atoms with Crippen molar-refractivity contribution >= 4 is 45.7 Å². The van der Waals surface area contributed by atoms with Crippen molar-refractivity contribution in [3.05, 3.63) is 78.1 Å². The van der Waals surface area contributed by atoms with Crippen LogP contribution in [0.2, 0.25) is 5.02 Å². The van der Waals surface area contributed by atoms with E-state index in [1.54, 1.807) is 6.20 Å². The number of morpholine rings is 1. The van der Waals surface area contributed by atoms with Crippen LogP contribution in [-0.4, -0.2) is 64.8 Å². The van der Waals surface area contributed by atoms with Crippen molar-refractivity contribution in [1.29, 1.82) is 0 Å². The number of anilines is 3. The second-order valence-corrected chi connectivity index (χ2v) is 9.27. The molecular weight excluding hydrogens is 504 g/mol. The number of benzene rings is 2. The maximum absolute atomic E-state index is 11.8. The largest absolute Gasteiger partial charge is 0.492 e. The quantitative estimate of drug-likeness (QED) is 0.294. The van der Waals surface area contributed by atoms with Crippen LogP contribution < -0.4 is 15.4 Å². The van der Waals surface area contributed by atoms with E-state index in [1.807, 2.05) is 60.2 Å². The smallest absolute Gasteiger partial charge is 0.247 e. The molecule has 1 amide bonds. The third-order valence-corrected chi connectivity index (χ3v) is 6.70. The zero-order valence-electron chi connectivity index (χ0n) is 21.1. The monoisotopic (exact) mass is 532 g/mol. The average Bonchev–Trinajstić information content (AvgIpc) is 3.37. The number of rotatable bonds is 9. The normalized spacial score (nSPS) is 13.8. The van der Waals surface area contributed by atoms with Crippen molar-refractivity contribution < 1.29 is 14.3 Å². The molecule has 0 saturated carbocycles. The molecule has 5 rings (SSSR count). The van der Waals surface area contributed by atoms with Gasteiger partial charge in [0, 0.05) is 42.6 Å². The van der Waals surface area contributed by atoms with Gasteiger partial charge in [-0.05, 0) is 61.0 Å². The van der Waals surface area contributed by atoms with Crippen LogP contribution in [0.1, 0.15) is 5.56 Å². The molecule has 0 spiro atoms. The van der Waals surface area contributed by atoms with E-state index in [-0.39, 0.29) is 5.91 Å². The van der Waals surface area contributed by atoms with Gasteiger partial charge in [0.15, 0.2) is 5.82 Å². The zero-order valence-corrected chi connectivity index (χ0v) is 21.9. The summed E-state index contributed by atoms with van der Waals surface area (Å²) in [5, 5.41) is 7.46. The topological polar surface area (TPSA) is 93.5 Å². The lowest BCUT2D eigenvalue weighted by atomic mass is 10.1. The van der Waals surface area contributed by atoms with Crippen LogP contribution in [0.25, 0.3) is 16.7 Å². The fourth-order valence-corrected chi connectivity index (χ4v) is 4.52. The Morgan fingerprint density at radius 1 is 1.18 bits per heavy atom. The molecule has 3 heterocycles. The Morgan fingerprint density at radius 2 is 1.97 bits per heavy atom. The Hall–Kier alpha value is -3.92. The van der Waals surface area contributed by atoms with E-state index in [4.69, 9.17) is 21.1 Å². The number of ether oxygens (including phenoxy) is 2. The van der Waals surface area contributed by atoms with Gasteiger partial charge >= 0.3 is 0 Å². The molecule has 4 aromatic rings. The van der Waals surface area contributed by atoms with E-state index in [1.165, 1.54) is 6.08 Å². The molecule has 0 unspecified atom stereocenters. The summed E-state index contributed by atoms with van der Waals surface area (Å²) >= 11 is 6.51. The maximum Gasteiger partial charge on any atom is 0.247 e. The maximum atomic E-state index is 11.8. The molecule has 2 aromatic heterocycles. The van der Waals surface area contributed by atoms with Gasteiger partial charge in [0.1, 0.15) is 17.4 Å². The predicted octanol–water partition coefficient (Wildman–Crippen LogP) is 4.96. The first-order valence-electron chi connectivity index (χ1n) is 12.4. The van der Waals surface area contributed by atoms with Gasteiger partial charge in [-0.15, -0.1) is 0 Å². The van der Waals surface area contributed by atoms with Gasteiger partial charge in [0.05, 0.1) is 24.9 Å². The van der Waals surface area contributed by atoms with Crippen LogP contribution in [0.15, 0.2) is 67.5 Å². The van der Waals surface area contributed by atoms with Gasteiger partial charge in [0.25, 0.3) is 0 Å². The molecule has 0 atom stereocenters. The zero-order chi connectivity index (χ0) is 26.5. The first-order valence-corrected chi connectivity index (χ1v) is 12.8. The van der Waals surface area contributed by atoms with Crippen LogP contribution in [0.5, 0.6) is 5.75 Å². The molecule has 9 nitrogen and oxygen atoms in total. The van der Waals surface area contributed by atoms with Crippen LogP contribution in [0.4, 0.5) is 17.3 Å². The molecule has 1 aliphatic heterocycles. The molecule has 1 saturated heterocycles. The van der Waals surface area contributed by atoms with Crippen LogP contribution >= 0.6 is 11.6 Å². The Balaban J connectivity index is 1.28. The summed E-state index contributed by atoms with van der Waals surface area (Å²) in [6.45, 7) is 10.4. The lowest BCUT2D eigenvalue weighted by Crippen LogP contribution is -2.38. The molecular formula is C28H29ClN6O3. The molecule has 38 heavy (non-hydrogen) atoms. The summed E-state index contributed by atoms with van der Waals surface area (Å²) in [7, 11) is 0. The number of aromatic nitrogens is 3. The second kappa shape index (κ2) is 11.6. The molecule has 196 valence electrons. The number of hydrogen-bond acceptors (Lipinski definition) is 7. The van der Waals surface area contributed by atoms with Gasteiger partial charge in [-0.25, -0.2) is 4.98 Å². The van der Waals surface area contributed by atoms with Gasteiger partial charge in [-0.2, -0.15) is 4.98 Å². The van der Waals surface area contributed by atoms with Crippen LogP contribution in [0.3, 0.4) is 0 Å². The van der Waals surface area contributed by atoms with Crippen LogP contribution in [0, 0.1) is 6.92 Å². The third-order valence-electron chi connectivity index (χ3n) is 6.43. The highest BCUT2D eigenvalue weighted by Gasteiger charge is 2.14. The van der Waals surface area contributed by atoms with Crippen molar-refractivity contribution in [3.63, 3.8) is 0 Å². The second-order valence-electron chi connectivity index (χ2n) is 8.87. The highest BCUT2D eigenvalue weighted by atomic mass is 35.5. The number of aryl methyl sites for hydroxylation is 1. The van der Waals surface area contributed by atoms with E-state index in [0.29, 0.717) is 23.4 Å². The van der Waals surface area contributed by atoms with Gasteiger partial charge in [-0.3, -0.25) is 14.3 Å². The Labute approximate surface area is 226 Å². The molecule has 2 aromatic carbocycles. The summed E-state index contributed by atoms with van der Waals surface area (Å²) in [6, 6.07) is 13.4. The molecule has 0 bridgehead atoms. The fourth-order valence-electron chi connectivity index (χ4n) is 4.34. The number of amides is 1. The predicted molar refractivity (Wildman–Crippen MR) is 150 cm³/mol. The minimum atomic E-state index is -0.256. The van der Waals surface area contributed by atoms with Crippen molar-refractivity contribution in [3.8, 4) is 11.6 Å². The van der Waals surface area contributed by atoms with Crippen molar-refractivity contribution in [2.45, 2.75) is 6.92 Å². The number of hydrogen-bond donors (Lipinski definition) is 2. The molecule has 10 heteroatoms. The Kier molecular flexibility index (Phi) is 7.88. The fraction of sp³-hybridized carbons (Fsp3) is 0.250. The molecule has 2 N–H and O–H groups in total. The molecule has 0 radical (unpaired) electrons. The van der Waals surface area contributed by atoms with E-state index in [0.717, 1.165) is 66.4 Å². The van der Waals surface area contributed by atoms with E-state index in [9.17, 15) is 4.79 Å². The number of carbonyl (C=O) groups excluding carboxylic acids is 1. The SMILES string of the molecule is C=CC(=O)Nc1ccc2c(ccn2-c2nc(Nc3ccc(OCCN4CCOCC4)cc3)ncc2Cl)c1C. The van der Waals surface area contributed by atoms with Crippen molar-refractivity contribution in [2.24, 2.45) is 0 Å². The summed E-state index contributed by atoms with van der Waals surface area (Å²) in [6.07, 6.45) is 4.72. The molecule has 0 aliphatic carbocycles. The number of carbonyl (C=O) groups is 1. The first kappa shape index (κ1) is 25.7. The van der Waals surface area contributed by atoms with Crippen molar-refractivity contribution in [2.75, 3.05) is 50.1 Å². The lowest BCUT2D eigenvalue weighted by Gasteiger charge is -2.26. The summed E-state index contributed by atoms with van der Waals surface area (Å²) in [5.41, 5.74) is 3.40. The summed E-state index contributed by atoms with van der Waals surface area (Å²) in [5.74, 6) is 1.51. The number of halogens is 1. The van der Waals surface area contributed by atoms with Gasteiger partial charge < -0.3 is 20.1 Å².